The third kappa shape index (κ3) is 7.99. The number of rotatable bonds is 6. The minimum absolute atomic E-state index is 0.0432. The van der Waals surface area contributed by atoms with Crippen LogP contribution in [0.2, 0.25) is 0 Å². The predicted molar refractivity (Wildman–Crippen MR) is 92.8 cm³/mol. The minimum Gasteiger partial charge on any atom is -0.380 e. The molecular weight excluding hydrogens is 292 g/mol. The Balaban J connectivity index is 1.56. The molecule has 2 rings (SSSR count). The van der Waals surface area contributed by atoms with Crippen molar-refractivity contribution < 1.29 is 9.53 Å². The molecule has 23 heavy (non-hydrogen) atoms. The van der Waals surface area contributed by atoms with Crippen LogP contribution in [0.4, 0.5) is 4.79 Å². The Labute approximate surface area is 140 Å². The second-order valence-electron chi connectivity index (χ2n) is 6.82. The lowest BCUT2D eigenvalue weighted by molar-refractivity contribution is 0.141. The van der Waals surface area contributed by atoms with E-state index in [1.807, 2.05) is 0 Å². The predicted octanol–water partition coefficient (Wildman–Crippen LogP) is 1.27. The fourth-order valence-electron chi connectivity index (χ4n) is 3.38. The average molecular weight is 326 g/mol. The van der Waals surface area contributed by atoms with Gasteiger partial charge >= 0.3 is 6.03 Å². The highest BCUT2D eigenvalue weighted by Crippen LogP contribution is 2.09. The van der Waals surface area contributed by atoms with Crippen LogP contribution in [0.15, 0.2) is 0 Å². The van der Waals surface area contributed by atoms with E-state index in [0.717, 1.165) is 45.8 Å². The van der Waals surface area contributed by atoms with E-state index in [4.69, 9.17) is 4.74 Å². The van der Waals surface area contributed by atoms with Gasteiger partial charge < -0.3 is 20.3 Å². The van der Waals surface area contributed by atoms with Gasteiger partial charge in [-0.15, -0.1) is 0 Å². The van der Waals surface area contributed by atoms with Crippen LogP contribution in [0.5, 0.6) is 0 Å². The van der Waals surface area contributed by atoms with Gasteiger partial charge in [-0.1, -0.05) is 12.8 Å². The molecule has 0 spiro atoms. The molecule has 0 radical (unpaired) electrons. The lowest BCUT2D eigenvalue weighted by atomic mass is 10.2. The SMILES string of the molecule is C[C@H](CN1CCCCCC1)NC(=O)NCCN1CCCOCC1. The molecule has 0 unspecified atom stereocenters. The van der Waals surface area contributed by atoms with Crippen molar-refractivity contribution in [2.75, 3.05) is 59.0 Å². The quantitative estimate of drug-likeness (QED) is 0.772. The number of nitrogens with zero attached hydrogens (tertiary/aromatic N) is 2. The van der Waals surface area contributed by atoms with Gasteiger partial charge in [-0.3, -0.25) is 4.90 Å². The maximum atomic E-state index is 12.0. The molecule has 1 atom stereocenters. The molecule has 0 saturated carbocycles. The van der Waals surface area contributed by atoms with Crippen molar-refractivity contribution in [3.05, 3.63) is 0 Å². The van der Waals surface area contributed by atoms with Crippen molar-refractivity contribution in [1.82, 2.24) is 20.4 Å². The molecule has 0 aromatic rings. The number of urea groups is 1. The zero-order valence-corrected chi connectivity index (χ0v) is 14.7. The third-order valence-electron chi connectivity index (χ3n) is 4.64. The number of hydrogen-bond donors (Lipinski definition) is 2. The Bertz CT molecular complexity index is 325. The summed E-state index contributed by atoms with van der Waals surface area (Å²) in [7, 11) is 0. The first-order valence-electron chi connectivity index (χ1n) is 9.31. The number of carbonyl (C=O) groups is 1. The molecule has 2 saturated heterocycles. The number of ether oxygens (including phenoxy) is 1. The average Bonchev–Trinajstić information content (AvgIpc) is 2.92. The van der Waals surface area contributed by atoms with Gasteiger partial charge in [-0.05, 0) is 39.3 Å². The van der Waals surface area contributed by atoms with Crippen LogP contribution in [-0.4, -0.2) is 80.9 Å². The number of hydrogen-bond acceptors (Lipinski definition) is 4. The van der Waals surface area contributed by atoms with Crippen LogP contribution in [0.25, 0.3) is 0 Å². The largest absolute Gasteiger partial charge is 0.380 e. The van der Waals surface area contributed by atoms with Gasteiger partial charge in [0.15, 0.2) is 0 Å². The minimum atomic E-state index is -0.0432. The van der Waals surface area contributed by atoms with Crippen LogP contribution in [0.3, 0.4) is 0 Å². The zero-order chi connectivity index (χ0) is 16.3. The van der Waals surface area contributed by atoms with Gasteiger partial charge in [0.05, 0.1) is 6.61 Å². The first-order valence-corrected chi connectivity index (χ1v) is 9.31. The number of likely N-dealkylation sites (tertiary alicyclic amines) is 1. The summed E-state index contributed by atoms with van der Waals surface area (Å²) in [5.74, 6) is 0. The Morgan fingerprint density at radius 1 is 1.00 bits per heavy atom. The molecule has 0 aromatic heterocycles. The molecule has 6 heteroatoms. The topological polar surface area (TPSA) is 56.8 Å². The summed E-state index contributed by atoms with van der Waals surface area (Å²) in [4.78, 5) is 16.8. The molecule has 0 aliphatic carbocycles. The number of amides is 2. The van der Waals surface area contributed by atoms with Crippen molar-refractivity contribution in [1.29, 1.82) is 0 Å². The summed E-state index contributed by atoms with van der Waals surface area (Å²) in [6, 6.07) is 0.151. The van der Waals surface area contributed by atoms with Crippen LogP contribution < -0.4 is 10.6 Å². The maximum Gasteiger partial charge on any atom is 0.315 e. The Hall–Kier alpha value is -0.850. The van der Waals surface area contributed by atoms with E-state index in [0.29, 0.717) is 6.54 Å². The fraction of sp³-hybridized carbons (Fsp3) is 0.941. The van der Waals surface area contributed by atoms with Crippen LogP contribution in [0, 0.1) is 0 Å². The molecule has 6 nitrogen and oxygen atoms in total. The first-order chi connectivity index (χ1) is 11.2. The van der Waals surface area contributed by atoms with Gasteiger partial charge in [0.1, 0.15) is 0 Å². The van der Waals surface area contributed by atoms with Crippen molar-refractivity contribution in [3.8, 4) is 0 Å². The molecule has 2 amide bonds. The van der Waals surface area contributed by atoms with E-state index < -0.39 is 0 Å². The van der Waals surface area contributed by atoms with Gasteiger partial charge in [-0.2, -0.15) is 0 Å². The van der Waals surface area contributed by atoms with Gasteiger partial charge in [0, 0.05) is 45.4 Å². The van der Waals surface area contributed by atoms with Crippen molar-refractivity contribution in [2.45, 2.75) is 45.1 Å². The highest BCUT2D eigenvalue weighted by molar-refractivity contribution is 5.74. The summed E-state index contributed by atoms with van der Waals surface area (Å²) in [6.45, 7) is 10.7. The van der Waals surface area contributed by atoms with Gasteiger partial charge in [0.2, 0.25) is 0 Å². The second-order valence-corrected chi connectivity index (χ2v) is 6.82. The summed E-state index contributed by atoms with van der Waals surface area (Å²) < 4.78 is 5.44. The summed E-state index contributed by atoms with van der Waals surface area (Å²) in [5, 5.41) is 6.04. The van der Waals surface area contributed by atoms with E-state index in [-0.39, 0.29) is 12.1 Å². The maximum absolute atomic E-state index is 12.0. The number of nitrogens with one attached hydrogen (secondary N) is 2. The molecule has 2 aliphatic heterocycles. The van der Waals surface area contributed by atoms with Crippen LogP contribution in [-0.2, 0) is 4.74 Å². The lowest BCUT2D eigenvalue weighted by Crippen LogP contribution is -2.47. The standard InChI is InChI=1S/C17H34N4O2/c1-16(15-21-8-4-2-3-5-9-21)19-17(22)18-7-11-20-10-6-13-23-14-12-20/h16H,2-15H2,1H3,(H2,18,19,22)/t16-/m1/s1. The molecule has 0 bridgehead atoms. The molecular formula is C17H34N4O2. The fourth-order valence-corrected chi connectivity index (χ4v) is 3.38. The monoisotopic (exact) mass is 326 g/mol. The van der Waals surface area contributed by atoms with Gasteiger partial charge in [-0.25, -0.2) is 4.79 Å². The van der Waals surface area contributed by atoms with E-state index >= 15 is 0 Å². The lowest BCUT2D eigenvalue weighted by Gasteiger charge is -2.25. The van der Waals surface area contributed by atoms with E-state index in [9.17, 15) is 4.79 Å². The molecule has 2 fully saturated rings. The van der Waals surface area contributed by atoms with Crippen molar-refractivity contribution >= 4 is 6.03 Å². The van der Waals surface area contributed by atoms with Crippen molar-refractivity contribution in [3.63, 3.8) is 0 Å². The molecule has 2 aliphatic rings. The number of carbonyl (C=O) groups excluding carboxylic acids is 1. The Kier molecular flexibility index (Phi) is 8.71. The summed E-state index contributed by atoms with van der Waals surface area (Å²) in [6.07, 6.45) is 6.36. The Morgan fingerprint density at radius 3 is 2.52 bits per heavy atom. The van der Waals surface area contributed by atoms with Crippen LogP contribution in [0.1, 0.15) is 39.0 Å². The highest BCUT2D eigenvalue weighted by atomic mass is 16.5. The molecule has 2 N–H and O–H groups in total. The molecule has 0 aromatic carbocycles. The van der Waals surface area contributed by atoms with E-state index in [1.54, 1.807) is 0 Å². The summed E-state index contributed by atoms with van der Waals surface area (Å²) in [5.41, 5.74) is 0. The zero-order valence-electron chi connectivity index (χ0n) is 14.7. The highest BCUT2D eigenvalue weighted by Gasteiger charge is 2.14. The normalized spacial score (nSPS) is 22.8. The molecule has 134 valence electrons. The molecule has 2 heterocycles. The van der Waals surface area contributed by atoms with E-state index in [2.05, 4.69) is 27.4 Å². The second kappa shape index (κ2) is 10.8. The van der Waals surface area contributed by atoms with Gasteiger partial charge in [0.25, 0.3) is 0 Å². The van der Waals surface area contributed by atoms with Crippen molar-refractivity contribution in [2.24, 2.45) is 0 Å². The first kappa shape index (κ1) is 18.5. The smallest absolute Gasteiger partial charge is 0.315 e. The van der Waals surface area contributed by atoms with Crippen LogP contribution >= 0.6 is 0 Å². The van der Waals surface area contributed by atoms with E-state index in [1.165, 1.54) is 38.8 Å². The Morgan fingerprint density at radius 2 is 1.74 bits per heavy atom. The summed E-state index contributed by atoms with van der Waals surface area (Å²) >= 11 is 0. The third-order valence-corrected chi connectivity index (χ3v) is 4.64.